The van der Waals surface area contributed by atoms with Crippen LogP contribution in [0.4, 0.5) is 5.69 Å². The van der Waals surface area contributed by atoms with Gasteiger partial charge in [0.15, 0.2) is 0 Å². The molecule has 0 aliphatic carbocycles. The fourth-order valence-electron chi connectivity index (χ4n) is 2.82. The summed E-state index contributed by atoms with van der Waals surface area (Å²) in [5.74, 6) is -1.57. The predicted octanol–water partition coefficient (Wildman–Crippen LogP) is 1.01. The first-order valence-corrected chi connectivity index (χ1v) is 7.56. The molecule has 0 spiro atoms. The summed E-state index contributed by atoms with van der Waals surface area (Å²) in [7, 11) is 0. The number of carbonyl (C=O) groups excluding carboxylic acids is 2. The van der Waals surface area contributed by atoms with Gasteiger partial charge in [0.25, 0.3) is 5.91 Å². The molecule has 1 heterocycles. The van der Waals surface area contributed by atoms with E-state index in [-0.39, 0.29) is 17.0 Å². The maximum Gasteiger partial charge on any atom is 0.254 e. The van der Waals surface area contributed by atoms with Crippen molar-refractivity contribution in [2.45, 2.75) is 0 Å². The van der Waals surface area contributed by atoms with Gasteiger partial charge < -0.3 is 19.7 Å². The number of amides is 1. The third-order valence-electron chi connectivity index (χ3n) is 4.07. The maximum absolute atomic E-state index is 12.6. The van der Waals surface area contributed by atoms with Crippen molar-refractivity contribution < 1.29 is 14.7 Å². The molecule has 0 aromatic heterocycles. The Kier molecular flexibility index (Phi) is 4.28. The highest BCUT2D eigenvalue weighted by molar-refractivity contribution is 6.04. The lowest BCUT2D eigenvalue weighted by Gasteiger charge is -2.36. The highest BCUT2D eigenvalue weighted by Gasteiger charge is 2.23. The molecular weight excluding hydrogens is 292 g/mol. The van der Waals surface area contributed by atoms with Crippen molar-refractivity contribution in [2.24, 2.45) is 0 Å². The zero-order valence-electron chi connectivity index (χ0n) is 12.6. The van der Waals surface area contributed by atoms with Gasteiger partial charge in [0.2, 0.25) is 0 Å². The minimum Gasteiger partial charge on any atom is -0.545 e. The van der Waals surface area contributed by atoms with Crippen LogP contribution in [0.2, 0.25) is 0 Å². The Hall–Kier alpha value is -2.82. The molecule has 0 N–H and O–H groups in total. The lowest BCUT2D eigenvalue weighted by atomic mass is 10.1. The Morgan fingerprint density at radius 1 is 0.783 bits per heavy atom. The number of hydrogen-bond acceptors (Lipinski definition) is 4. The molecule has 1 amide bonds. The van der Waals surface area contributed by atoms with Crippen molar-refractivity contribution in [1.29, 1.82) is 0 Å². The molecule has 2 aromatic rings. The van der Waals surface area contributed by atoms with Crippen molar-refractivity contribution in [3.63, 3.8) is 0 Å². The molecule has 1 fully saturated rings. The van der Waals surface area contributed by atoms with Crippen LogP contribution >= 0.6 is 0 Å². The number of carbonyl (C=O) groups is 2. The summed E-state index contributed by atoms with van der Waals surface area (Å²) in [5.41, 5.74) is 1.28. The number of aromatic carboxylic acids is 1. The summed E-state index contributed by atoms with van der Waals surface area (Å²) in [6.07, 6.45) is 0. The molecule has 3 rings (SSSR count). The molecule has 2 aromatic carbocycles. The van der Waals surface area contributed by atoms with Crippen molar-refractivity contribution in [2.75, 3.05) is 31.1 Å². The first kappa shape index (κ1) is 15.1. The van der Waals surface area contributed by atoms with E-state index in [9.17, 15) is 14.7 Å². The van der Waals surface area contributed by atoms with E-state index in [4.69, 9.17) is 0 Å². The average molecular weight is 309 g/mol. The second-order valence-electron chi connectivity index (χ2n) is 5.45. The number of piperazine rings is 1. The van der Waals surface area contributed by atoms with E-state index < -0.39 is 5.97 Å². The Bertz CT molecular complexity index is 707. The van der Waals surface area contributed by atoms with Gasteiger partial charge in [-0.2, -0.15) is 0 Å². The summed E-state index contributed by atoms with van der Waals surface area (Å²) in [4.78, 5) is 27.7. The largest absolute Gasteiger partial charge is 0.545 e. The summed E-state index contributed by atoms with van der Waals surface area (Å²) >= 11 is 0. The van der Waals surface area contributed by atoms with Crippen LogP contribution in [0.5, 0.6) is 0 Å². The van der Waals surface area contributed by atoms with Gasteiger partial charge >= 0.3 is 0 Å². The van der Waals surface area contributed by atoms with Crippen LogP contribution in [0.25, 0.3) is 0 Å². The third-order valence-corrected chi connectivity index (χ3v) is 4.07. The van der Waals surface area contributed by atoms with Gasteiger partial charge in [-0.3, -0.25) is 4.79 Å². The van der Waals surface area contributed by atoms with Crippen LogP contribution in [0.15, 0.2) is 54.6 Å². The average Bonchev–Trinajstić information content (AvgIpc) is 2.62. The van der Waals surface area contributed by atoms with E-state index in [2.05, 4.69) is 4.90 Å². The molecule has 0 radical (unpaired) electrons. The molecule has 118 valence electrons. The smallest absolute Gasteiger partial charge is 0.254 e. The molecule has 5 nitrogen and oxygen atoms in total. The maximum atomic E-state index is 12.6. The van der Waals surface area contributed by atoms with Gasteiger partial charge in [-0.25, -0.2) is 0 Å². The summed E-state index contributed by atoms with van der Waals surface area (Å²) in [6, 6.07) is 16.2. The molecule has 0 atom stereocenters. The van der Waals surface area contributed by atoms with Crippen molar-refractivity contribution in [1.82, 2.24) is 4.90 Å². The van der Waals surface area contributed by atoms with Gasteiger partial charge in [-0.1, -0.05) is 36.4 Å². The first-order valence-electron chi connectivity index (χ1n) is 7.56. The van der Waals surface area contributed by atoms with Gasteiger partial charge in [-0.05, 0) is 18.2 Å². The molecular formula is C18H17N2O3-. The van der Waals surface area contributed by atoms with Crippen LogP contribution in [0.3, 0.4) is 0 Å². The van der Waals surface area contributed by atoms with E-state index in [0.717, 1.165) is 18.8 Å². The zero-order valence-corrected chi connectivity index (χ0v) is 12.6. The number of carboxylic acids is 1. The quantitative estimate of drug-likeness (QED) is 0.849. The summed E-state index contributed by atoms with van der Waals surface area (Å²) in [5, 5.41) is 11.2. The summed E-state index contributed by atoms with van der Waals surface area (Å²) in [6.45, 7) is 2.58. The molecule has 23 heavy (non-hydrogen) atoms. The predicted molar refractivity (Wildman–Crippen MR) is 85.3 cm³/mol. The van der Waals surface area contributed by atoms with Crippen LogP contribution in [-0.4, -0.2) is 43.0 Å². The molecule has 1 aliphatic heterocycles. The number of hydrogen-bond donors (Lipinski definition) is 0. The van der Waals surface area contributed by atoms with Crippen LogP contribution in [0.1, 0.15) is 20.7 Å². The lowest BCUT2D eigenvalue weighted by molar-refractivity contribution is -0.255. The van der Waals surface area contributed by atoms with Gasteiger partial charge in [0, 0.05) is 43.0 Å². The van der Waals surface area contributed by atoms with Crippen molar-refractivity contribution >= 4 is 17.6 Å². The number of carboxylic acid groups (broad SMARTS) is 1. The van der Waals surface area contributed by atoms with Crippen LogP contribution < -0.4 is 10.0 Å². The van der Waals surface area contributed by atoms with Crippen LogP contribution in [0, 0.1) is 0 Å². The number of anilines is 1. The van der Waals surface area contributed by atoms with Crippen LogP contribution in [-0.2, 0) is 0 Å². The number of rotatable bonds is 3. The monoisotopic (exact) mass is 309 g/mol. The number of para-hydroxylation sites is 1. The van der Waals surface area contributed by atoms with Gasteiger partial charge in [0.1, 0.15) is 0 Å². The topological polar surface area (TPSA) is 63.7 Å². The molecule has 0 saturated carbocycles. The van der Waals surface area contributed by atoms with E-state index in [1.54, 1.807) is 17.0 Å². The fraction of sp³-hybridized carbons (Fsp3) is 0.222. The van der Waals surface area contributed by atoms with E-state index in [0.29, 0.717) is 13.1 Å². The van der Waals surface area contributed by atoms with Crippen molar-refractivity contribution in [3.05, 3.63) is 65.7 Å². The Labute approximate surface area is 134 Å². The molecule has 5 heteroatoms. The normalized spacial score (nSPS) is 14.6. The number of benzene rings is 2. The molecule has 1 saturated heterocycles. The third kappa shape index (κ3) is 3.18. The second kappa shape index (κ2) is 6.52. The van der Waals surface area contributed by atoms with Crippen molar-refractivity contribution in [3.8, 4) is 0 Å². The highest BCUT2D eigenvalue weighted by Crippen LogP contribution is 2.18. The lowest BCUT2D eigenvalue weighted by Crippen LogP contribution is -2.49. The molecule has 0 bridgehead atoms. The SMILES string of the molecule is O=C([O-])c1ccccc1C(=O)N1CCN(c2ccccc2)CC1. The van der Waals surface area contributed by atoms with Gasteiger partial charge in [-0.15, -0.1) is 0 Å². The van der Waals surface area contributed by atoms with E-state index in [1.807, 2.05) is 30.3 Å². The van der Waals surface area contributed by atoms with Gasteiger partial charge in [0.05, 0.1) is 5.97 Å². The second-order valence-corrected chi connectivity index (χ2v) is 5.45. The van der Waals surface area contributed by atoms with E-state index in [1.165, 1.54) is 12.1 Å². The fourth-order valence-corrected chi connectivity index (χ4v) is 2.82. The highest BCUT2D eigenvalue weighted by atomic mass is 16.4. The Morgan fingerprint density at radius 3 is 1.96 bits per heavy atom. The van der Waals surface area contributed by atoms with E-state index >= 15 is 0 Å². The minimum atomic E-state index is -1.32. The first-order chi connectivity index (χ1) is 11.2. The Balaban J connectivity index is 1.71. The minimum absolute atomic E-state index is 0.0528. The zero-order chi connectivity index (χ0) is 16.2. The molecule has 1 aliphatic rings. The molecule has 0 unspecified atom stereocenters. The standard InChI is InChI=1S/C18H18N2O3/c21-17(15-8-4-5-9-16(15)18(22)23)20-12-10-19(11-13-20)14-6-2-1-3-7-14/h1-9H,10-13H2,(H,22,23)/p-1. The Morgan fingerprint density at radius 2 is 1.35 bits per heavy atom. The number of nitrogens with zero attached hydrogens (tertiary/aromatic N) is 2. The summed E-state index contributed by atoms with van der Waals surface area (Å²) < 4.78 is 0.